The zero-order valence-corrected chi connectivity index (χ0v) is 11.1. The Morgan fingerprint density at radius 3 is 2.84 bits per heavy atom. The minimum absolute atomic E-state index is 0.162. The highest BCUT2D eigenvalue weighted by Gasteiger charge is 2.25. The number of benzene rings is 1. The number of ether oxygens (including phenoxy) is 1. The topological polar surface area (TPSA) is 44.1 Å². The van der Waals surface area contributed by atoms with Crippen molar-refractivity contribution in [1.29, 1.82) is 0 Å². The molecule has 19 heavy (non-hydrogen) atoms. The number of aromatic nitrogens is 2. The fourth-order valence-corrected chi connectivity index (χ4v) is 2.06. The van der Waals surface area contributed by atoms with Gasteiger partial charge in [0.15, 0.2) is 0 Å². The normalized spacial score (nSPS) is 12.6. The van der Waals surface area contributed by atoms with E-state index in [2.05, 4.69) is 4.98 Å². The van der Waals surface area contributed by atoms with Crippen LogP contribution in [0, 0.1) is 0 Å². The Morgan fingerprint density at radius 2 is 2.16 bits per heavy atom. The summed E-state index contributed by atoms with van der Waals surface area (Å²) in [5.41, 5.74) is 1.31. The molecule has 0 aliphatic heterocycles. The molecule has 5 heteroatoms. The van der Waals surface area contributed by atoms with Crippen molar-refractivity contribution in [3.05, 3.63) is 30.1 Å². The summed E-state index contributed by atoms with van der Waals surface area (Å²) >= 11 is 0. The van der Waals surface area contributed by atoms with Gasteiger partial charge in [0.25, 0.3) is 6.30 Å². The molecule has 0 N–H and O–H groups in total. The first-order chi connectivity index (χ1) is 9.19. The smallest absolute Gasteiger partial charge is 0.362 e. The highest BCUT2D eigenvalue weighted by atomic mass is 19.1. The number of halogens is 1. The molecule has 0 spiro atoms. The second-order valence-corrected chi connectivity index (χ2v) is 4.22. The number of carbonyl (C=O) groups excluding carboxylic acids is 1. The molecule has 0 saturated heterocycles. The molecule has 1 unspecified atom stereocenters. The second kappa shape index (κ2) is 5.82. The highest BCUT2D eigenvalue weighted by Crippen LogP contribution is 2.24. The predicted molar refractivity (Wildman–Crippen MR) is 70.5 cm³/mol. The van der Waals surface area contributed by atoms with Gasteiger partial charge in [-0.25, -0.2) is 14.2 Å². The maximum Gasteiger partial charge on any atom is 0.362 e. The van der Waals surface area contributed by atoms with Gasteiger partial charge in [0.05, 0.1) is 17.6 Å². The number of hydrogen-bond donors (Lipinski definition) is 0. The number of rotatable bonds is 5. The zero-order chi connectivity index (χ0) is 13.8. The monoisotopic (exact) mass is 264 g/mol. The molecule has 0 bridgehead atoms. The van der Waals surface area contributed by atoms with Crippen LogP contribution < -0.4 is 0 Å². The molecule has 1 aromatic heterocycles. The molecule has 1 heterocycles. The number of nitrogens with zero attached hydrogens (tertiary/aromatic N) is 2. The summed E-state index contributed by atoms with van der Waals surface area (Å²) in [6, 6.07) is 7.21. The first-order valence-corrected chi connectivity index (χ1v) is 6.45. The van der Waals surface area contributed by atoms with Gasteiger partial charge in [0.2, 0.25) is 0 Å². The van der Waals surface area contributed by atoms with Crippen molar-refractivity contribution < 1.29 is 13.9 Å². The van der Waals surface area contributed by atoms with Gasteiger partial charge in [-0.3, -0.25) is 4.57 Å². The number of esters is 1. The van der Waals surface area contributed by atoms with E-state index in [1.54, 1.807) is 19.1 Å². The summed E-state index contributed by atoms with van der Waals surface area (Å²) in [6.07, 6.45) is -0.387. The summed E-state index contributed by atoms with van der Waals surface area (Å²) in [4.78, 5) is 16.0. The van der Waals surface area contributed by atoms with Crippen LogP contribution in [0.5, 0.6) is 0 Å². The van der Waals surface area contributed by atoms with E-state index < -0.39 is 12.3 Å². The van der Waals surface area contributed by atoms with Gasteiger partial charge >= 0.3 is 5.97 Å². The Bertz CT molecular complexity index is 580. The van der Waals surface area contributed by atoms with Gasteiger partial charge in [-0.05, 0) is 25.5 Å². The van der Waals surface area contributed by atoms with Crippen LogP contribution in [-0.2, 0) is 16.0 Å². The Hall–Kier alpha value is -1.91. The lowest BCUT2D eigenvalue weighted by Crippen LogP contribution is -2.20. The largest absolute Gasteiger partial charge is 0.462 e. The maximum atomic E-state index is 14.3. The number of hydrogen-bond acceptors (Lipinski definition) is 3. The molecule has 1 aromatic carbocycles. The number of alkyl halides is 1. The third-order valence-corrected chi connectivity index (χ3v) is 2.85. The standard InChI is InChI=1S/C14H17FN2O2/c1-3-7-12-16-10-8-5-6-9-11(10)17(12)13(15)14(18)19-4-2/h5-6,8-9,13H,3-4,7H2,1-2H3. The molecule has 0 aliphatic carbocycles. The summed E-state index contributed by atoms with van der Waals surface area (Å²) in [5, 5.41) is 0. The molecule has 0 fully saturated rings. The van der Waals surface area contributed by atoms with Crippen LogP contribution in [0.3, 0.4) is 0 Å². The number of para-hydroxylation sites is 2. The Morgan fingerprint density at radius 1 is 1.42 bits per heavy atom. The van der Waals surface area contributed by atoms with E-state index in [-0.39, 0.29) is 6.61 Å². The molecular formula is C14H17FN2O2. The minimum Gasteiger partial charge on any atom is -0.462 e. The van der Waals surface area contributed by atoms with Gasteiger partial charge < -0.3 is 4.74 Å². The Kier molecular flexibility index (Phi) is 4.14. The van der Waals surface area contributed by atoms with Gasteiger partial charge in [-0.15, -0.1) is 0 Å². The third kappa shape index (κ3) is 2.59. The van der Waals surface area contributed by atoms with Crippen LogP contribution in [0.1, 0.15) is 32.4 Å². The third-order valence-electron chi connectivity index (χ3n) is 2.85. The maximum absolute atomic E-state index is 14.3. The predicted octanol–water partition coefficient (Wildman–Crippen LogP) is 3.02. The van der Waals surface area contributed by atoms with Crippen molar-refractivity contribution in [2.24, 2.45) is 0 Å². The molecule has 0 saturated carbocycles. The minimum atomic E-state index is -1.84. The van der Waals surface area contributed by atoms with E-state index >= 15 is 0 Å². The molecule has 4 nitrogen and oxygen atoms in total. The van der Waals surface area contributed by atoms with Gasteiger partial charge in [0, 0.05) is 6.42 Å². The molecule has 2 aromatic rings. The SMILES string of the molecule is CCCc1nc2ccccc2n1C(F)C(=O)OCC. The summed E-state index contributed by atoms with van der Waals surface area (Å²) in [7, 11) is 0. The number of aryl methyl sites for hydroxylation is 1. The van der Waals surface area contributed by atoms with E-state index in [1.165, 1.54) is 4.57 Å². The molecule has 0 radical (unpaired) electrons. The van der Waals surface area contributed by atoms with Gasteiger partial charge in [0.1, 0.15) is 5.82 Å². The van der Waals surface area contributed by atoms with E-state index in [0.717, 1.165) is 6.42 Å². The molecular weight excluding hydrogens is 247 g/mol. The quantitative estimate of drug-likeness (QED) is 0.780. The molecule has 0 amide bonds. The first kappa shape index (κ1) is 13.5. The van der Waals surface area contributed by atoms with Gasteiger partial charge in [-0.2, -0.15) is 0 Å². The van der Waals surface area contributed by atoms with Crippen LogP contribution in [0.2, 0.25) is 0 Å². The first-order valence-electron chi connectivity index (χ1n) is 6.45. The zero-order valence-electron chi connectivity index (χ0n) is 11.1. The molecule has 102 valence electrons. The van der Waals surface area contributed by atoms with Crippen molar-refractivity contribution in [2.45, 2.75) is 33.0 Å². The lowest BCUT2D eigenvalue weighted by Gasteiger charge is -2.12. The van der Waals surface area contributed by atoms with Crippen LogP contribution >= 0.6 is 0 Å². The fourth-order valence-electron chi connectivity index (χ4n) is 2.06. The van der Waals surface area contributed by atoms with Crippen molar-refractivity contribution >= 4 is 17.0 Å². The van der Waals surface area contributed by atoms with Crippen LogP contribution in [0.25, 0.3) is 11.0 Å². The van der Waals surface area contributed by atoms with Crippen molar-refractivity contribution in [3.8, 4) is 0 Å². The van der Waals surface area contributed by atoms with Crippen LogP contribution in [0.4, 0.5) is 4.39 Å². The van der Waals surface area contributed by atoms with Gasteiger partial charge in [-0.1, -0.05) is 19.1 Å². The average Bonchev–Trinajstić information content (AvgIpc) is 2.76. The second-order valence-electron chi connectivity index (χ2n) is 4.22. The highest BCUT2D eigenvalue weighted by molar-refractivity contribution is 5.80. The van der Waals surface area contributed by atoms with E-state index in [4.69, 9.17) is 4.74 Å². The number of imidazole rings is 1. The fraction of sp³-hybridized carbons (Fsp3) is 0.429. The summed E-state index contributed by atoms with van der Waals surface area (Å²) in [6.45, 7) is 3.81. The van der Waals surface area contributed by atoms with Crippen molar-refractivity contribution in [1.82, 2.24) is 9.55 Å². The van der Waals surface area contributed by atoms with Crippen LogP contribution in [0.15, 0.2) is 24.3 Å². The Balaban J connectivity index is 2.49. The lowest BCUT2D eigenvalue weighted by atomic mass is 10.3. The van der Waals surface area contributed by atoms with E-state index in [0.29, 0.717) is 23.3 Å². The number of carbonyl (C=O) groups is 1. The molecule has 2 rings (SSSR count). The average molecular weight is 264 g/mol. The summed E-state index contributed by atoms with van der Waals surface area (Å²) in [5.74, 6) is -0.299. The van der Waals surface area contributed by atoms with E-state index in [9.17, 15) is 9.18 Å². The van der Waals surface area contributed by atoms with Crippen molar-refractivity contribution in [2.75, 3.05) is 6.61 Å². The number of fused-ring (bicyclic) bond motifs is 1. The lowest BCUT2D eigenvalue weighted by molar-refractivity contribution is -0.152. The summed E-state index contributed by atoms with van der Waals surface area (Å²) < 4.78 is 20.4. The van der Waals surface area contributed by atoms with Crippen LogP contribution in [-0.4, -0.2) is 22.1 Å². The molecule has 0 aliphatic rings. The Labute approximate surface area is 111 Å². The van der Waals surface area contributed by atoms with E-state index in [1.807, 2.05) is 19.1 Å². The molecule has 1 atom stereocenters. The van der Waals surface area contributed by atoms with Crippen molar-refractivity contribution in [3.63, 3.8) is 0 Å².